The molecule has 6 atom stereocenters. The predicted octanol–water partition coefficient (Wildman–Crippen LogP) is 12.1. The molecule has 0 aliphatic carbocycles. The monoisotopic (exact) mass is 919 g/mol. The zero-order chi connectivity index (χ0) is 46.4. The maximum atomic E-state index is 14.1. The Labute approximate surface area is 402 Å². The molecule has 0 spiro atoms. The number of rotatable bonds is 35. The summed E-state index contributed by atoms with van der Waals surface area (Å²) < 4.78 is 17.2. The van der Waals surface area contributed by atoms with Crippen molar-refractivity contribution in [1.29, 1.82) is 0 Å². The van der Waals surface area contributed by atoms with E-state index in [2.05, 4.69) is 58.1 Å². The van der Waals surface area contributed by atoms with Crippen molar-refractivity contribution < 1.29 is 28.2 Å². The maximum Gasteiger partial charge on any atom is 0.351 e. The summed E-state index contributed by atoms with van der Waals surface area (Å²) in [4.78, 5) is 28.3. The zero-order valence-corrected chi connectivity index (χ0v) is 42.9. The van der Waals surface area contributed by atoms with E-state index in [9.17, 15) is 9.59 Å². The SMILES string of the molecule is CCCCCCCCCC1=C(C(=O)OCCCCOC(=O)C2=C(CCCCCCCCC)NC3=[N+]4[C@H](CC[C@@H]24)C[C@H](CCCCCCC)N3)[C@@H]2CC[C@@H]3C[C@H](CCCCCCC)NC(=[N+]32)N1. The van der Waals surface area contributed by atoms with Crippen LogP contribution in [0.5, 0.6) is 0 Å². The largest absolute Gasteiger partial charge is 0.462 e. The number of esters is 2. The molecule has 0 amide bonds. The fourth-order valence-corrected chi connectivity index (χ4v) is 12.3. The third-order valence-electron chi connectivity index (χ3n) is 16.0. The molecule has 0 aromatic carbocycles. The second kappa shape index (κ2) is 29.1. The van der Waals surface area contributed by atoms with Gasteiger partial charge in [-0.1, -0.05) is 169 Å². The first-order chi connectivity index (χ1) is 32.5. The van der Waals surface area contributed by atoms with E-state index in [1.54, 1.807) is 0 Å². The molecular formula is C56H98N6O4+2. The quantitative estimate of drug-likeness (QED) is 0.0283. The lowest BCUT2D eigenvalue weighted by Crippen LogP contribution is -2.59. The van der Waals surface area contributed by atoms with Gasteiger partial charge in [-0.25, -0.2) is 20.2 Å². The van der Waals surface area contributed by atoms with E-state index in [4.69, 9.17) is 9.47 Å². The van der Waals surface area contributed by atoms with Crippen molar-refractivity contribution in [2.45, 2.75) is 295 Å². The van der Waals surface area contributed by atoms with Gasteiger partial charge in [0.15, 0.2) is 0 Å². The molecule has 10 heteroatoms. The third kappa shape index (κ3) is 15.2. The van der Waals surface area contributed by atoms with Crippen molar-refractivity contribution in [1.82, 2.24) is 21.3 Å². The van der Waals surface area contributed by atoms with Crippen molar-refractivity contribution in [2.75, 3.05) is 13.2 Å². The van der Waals surface area contributed by atoms with Gasteiger partial charge in [0.2, 0.25) is 0 Å². The van der Waals surface area contributed by atoms with Crippen LogP contribution in [0.15, 0.2) is 22.5 Å². The number of carbonyl (C=O) groups is 2. The highest BCUT2D eigenvalue weighted by Crippen LogP contribution is 2.37. The van der Waals surface area contributed by atoms with E-state index < -0.39 is 0 Å². The summed E-state index contributed by atoms with van der Waals surface area (Å²) in [5.41, 5.74) is 3.88. The van der Waals surface area contributed by atoms with Gasteiger partial charge in [0.05, 0.1) is 48.8 Å². The first-order valence-electron chi connectivity index (χ1n) is 28.6. The summed E-state index contributed by atoms with van der Waals surface area (Å²) >= 11 is 0. The van der Waals surface area contributed by atoms with E-state index in [0.717, 1.165) is 98.7 Å². The van der Waals surface area contributed by atoms with Crippen LogP contribution in [0.4, 0.5) is 0 Å². The first kappa shape index (κ1) is 52.3. The highest BCUT2D eigenvalue weighted by molar-refractivity contribution is 5.94. The van der Waals surface area contributed by atoms with Crippen LogP contribution in [0.2, 0.25) is 0 Å². The molecule has 374 valence electrons. The molecule has 0 aromatic rings. The summed E-state index contributed by atoms with van der Waals surface area (Å²) in [7, 11) is 0. The number of ether oxygens (including phenoxy) is 2. The van der Waals surface area contributed by atoms with Crippen LogP contribution in [0, 0.1) is 0 Å². The van der Waals surface area contributed by atoms with Crippen molar-refractivity contribution in [3.8, 4) is 0 Å². The molecule has 0 radical (unpaired) electrons. The first-order valence-corrected chi connectivity index (χ1v) is 28.6. The zero-order valence-electron chi connectivity index (χ0n) is 42.9. The van der Waals surface area contributed by atoms with Gasteiger partial charge in [-0.3, -0.25) is 19.8 Å². The maximum absolute atomic E-state index is 14.1. The fraction of sp³-hybridized carbons (Fsp3) is 0.857. The van der Waals surface area contributed by atoms with E-state index in [-0.39, 0.29) is 24.0 Å². The molecule has 6 aliphatic heterocycles. The number of unbranched alkanes of at least 4 members (excludes halogenated alkanes) is 21. The number of allylic oxidation sites excluding steroid dienone is 2. The second-order valence-corrected chi connectivity index (χ2v) is 21.3. The average Bonchev–Trinajstić information content (AvgIpc) is 3.95. The number of nitrogens with zero attached hydrogens (tertiary/aromatic N) is 2. The Kier molecular flexibility index (Phi) is 23.1. The summed E-state index contributed by atoms with van der Waals surface area (Å²) in [6.07, 6.45) is 42.7. The minimum absolute atomic E-state index is 0.0781. The van der Waals surface area contributed by atoms with Crippen LogP contribution in [0.3, 0.4) is 0 Å². The normalized spacial score (nSPS) is 24.2. The molecule has 0 unspecified atom stereocenters. The standard InChI is InChI=1S/C56H96N6O4/c1-5-9-13-17-19-23-27-33-47-51(49-37-35-45-41-43(31-25-21-15-11-7-3)57-55(59-47)61(45)49)53(63)65-39-29-30-40-66-54(64)52-48(34-28-24-20-18-14-10-6-2)60-56-58-44(32-26-22-16-12-8-4)42-46-36-38-50(52)62(46)56/h43-46,49-50H,5-42H2,1-4H3,(H2,57,58,59,60,63,64)/p+2/t43-,44-,45+,46+,49-,50-/m0/s1. The Bertz CT molecular complexity index is 1520. The summed E-state index contributed by atoms with van der Waals surface area (Å²) in [6.45, 7) is 9.79. The molecule has 0 aromatic heterocycles. The van der Waals surface area contributed by atoms with E-state index >= 15 is 0 Å². The van der Waals surface area contributed by atoms with Gasteiger partial charge in [0.1, 0.15) is 23.2 Å². The van der Waals surface area contributed by atoms with Gasteiger partial charge in [-0.15, -0.1) is 0 Å². The van der Waals surface area contributed by atoms with Crippen LogP contribution in [0.1, 0.15) is 259 Å². The van der Waals surface area contributed by atoms with Crippen molar-refractivity contribution in [3.05, 3.63) is 22.5 Å². The second-order valence-electron chi connectivity index (χ2n) is 21.3. The average molecular weight is 919 g/mol. The molecule has 2 saturated heterocycles. The Balaban J connectivity index is 1.02. The predicted molar refractivity (Wildman–Crippen MR) is 271 cm³/mol. The molecule has 6 heterocycles. The molecule has 0 bridgehead atoms. The Morgan fingerprint density at radius 3 is 1.18 bits per heavy atom. The van der Waals surface area contributed by atoms with Crippen LogP contribution in [-0.2, 0) is 19.1 Å². The van der Waals surface area contributed by atoms with Crippen LogP contribution in [0.25, 0.3) is 0 Å². The Morgan fingerprint density at radius 2 is 0.803 bits per heavy atom. The third-order valence-corrected chi connectivity index (χ3v) is 16.0. The molecule has 0 saturated carbocycles. The minimum atomic E-state index is -0.162. The number of carbonyl (C=O) groups excluding carboxylic acids is 2. The van der Waals surface area contributed by atoms with Gasteiger partial charge >= 0.3 is 23.9 Å². The summed E-state index contributed by atoms with van der Waals surface area (Å²) in [5.74, 6) is 1.94. The Hall–Kier alpha value is -3.04. The number of nitrogens with one attached hydrogen (secondary N) is 4. The van der Waals surface area contributed by atoms with E-state index in [0.29, 0.717) is 50.2 Å². The molecule has 2 fully saturated rings. The lowest BCUT2D eigenvalue weighted by Gasteiger charge is -2.34. The highest BCUT2D eigenvalue weighted by atomic mass is 16.5. The minimum Gasteiger partial charge on any atom is -0.462 e. The topological polar surface area (TPSA) is 107 Å². The fourth-order valence-electron chi connectivity index (χ4n) is 12.3. The number of hydrogen-bond acceptors (Lipinski definition) is 8. The lowest BCUT2D eigenvalue weighted by atomic mass is 9.97. The lowest BCUT2D eigenvalue weighted by molar-refractivity contribution is -0.581. The van der Waals surface area contributed by atoms with Gasteiger partial charge in [0.25, 0.3) is 0 Å². The van der Waals surface area contributed by atoms with Crippen LogP contribution >= 0.6 is 0 Å². The molecule has 6 aliphatic rings. The summed E-state index contributed by atoms with van der Waals surface area (Å²) in [6, 6.07) is 2.08. The van der Waals surface area contributed by atoms with Crippen LogP contribution < -0.4 is 21.3 Å². The van der Waals surface area contributed by atoms with Gasteiger partial charge in [-0.05, 0) is 64.2 Å². The molecule has 10 nitrogen and oxygen atoms in total. The molecule has 6 rings (SSSR count). The van der Waals surface area contributed by atoms with E-state index in [1.165, 1.54) is 154 Å². The molecular weight excluding hydrogens is 821 g/mol. The van der Waals surface area contributed by atoms with Gasteiger partial charge in [-0.2, -0.15) is 0 Å². The molecule has 66 heavy (non-hydrogen) atoms. The van der Waals surface area contributed by atoms with Crippen molar-refractivity contribution in [3.63, 3.8) is 0 Å². The smallest absolute Gasteiger partial charge is 0.351 e. The van der Waals surface area contributed by atoms with Gasteiger partial charge < -0.3 is 9.47 Å². The van der Waals surface area contributed by atoms with Gasteiger partial charge in [0, 0.05) is 25.7 Å². The van der Waals surface area contributed by atoms with E-state index in [1.807, 2.05) is 0 Å². The van der Waals surface area contributed by atoms with Crippen molar-refractivity contribution in [2.24, 2.45) is 0 Å². The molecule has 4 N–H and O–H groups in total. The van der Waals surface area contributed by atoms with Crippen LogP contribution in [-0.4, -0.2) is 82.5 Å². The van der Waals surface area contributed by atoms with Crippen molar-refractivity contribution >= 4 is 23.9 Å². The number of guanidine groups is 2. The summed E-state index contributed by atoms with van der Waals surface area (Å²) in [5, 5.41) is 15.4. The number of hydrogen-bond donors (Lipinski definition) is 4. The highest BCUT2D eigenvalue weighted by Gasteiger charge is 2.50. The Morgan fingerprint density at radius 1 is 0.455 bits per heavy atom.